The van der Waals surface area contributed by atoms with Crippen molar-refractivity contribution in [3.63, 3.8) is 0 Å². The molecule has 0 spiro atoms. The molecule has 3 rings (SSSR count). The highest BCUT2D eigenvalue weighted by atomic mass is 16.5. The van der Waals surface area contributed by atoms with Crippen LogP contribution < -0.4 is 4.90 Å². The smallest absolute Gasteiger partial charge is 0.327 e. The predicted octanol–water partition coefficient (Wildman–Crippen LogP) is 0.528. The normalized spacial score (nSPS) is 22.5. The third-order valence-corrected chi connectivity index (χ3v) is 4.49. The summed E-state index contributed by atoms with van der Waals surface area (Å²) in [7, 11) is 3.50. The molecule has 1 saturated heterocycles. The van der Waals surface area contributed by atoms with Crippen LogP contribution in [0.5, 0.6) is 0 Å². The Hall–Kier alpha value is -2.22. The average molecular weight is 318 g/mol. The Bertz CT molecular complexity index is 715. The minimum absolute atomic E-state index is 0.0468. The number of piperazine rings is 1. The maximum absolute atomic E-state index is 11.5. The lowest BCUT2D eigenvalue weighted by Gasteiger charge is -2.43. The first-order chi connectivity index (χ1) is 11.0. The van der Waals surface area contributed by atoms with Gasteiger partial charge in [0.2, 0.25) is 0 Å². The number of methoxy groups -OCH3 is 1. The number of likely N-dealkylation sites (N-methyl/N-ethyl adjacent to an activating group) is 1. The molecule has 0 N–H and O–H groups in total. The zero-order valence-corrected chi connectivity index (χ0v) is 13.9. The van der Waals surface area contributed by atoms with Crippen LogP contribution in [0.4, 0.5) is 5.82 Å². The molecule has 0 unspecified atom stereocenters. The minimum Gasteiger partial charge on any atom is -0.468 e. The van der Waals surface area contributed by atoms with Gasteiger partial charge in [-0.15, -0.1) is 0 Å². The number of hydrogen-bond acceptors (Lipinski definition) is 7. The molecule has 2 atom stereocenters. The molecular weight excluding hydrogens is 296 g/mol. The maximum Gasteiger partial charge on any atom is 0.327 e. The second kappa shape index (κ2) is 6.11. The lowest BCUT2D eigenvalue weighted by atomic mass is 10.1. The lowest BCUT2D eigenvalue weighted by molar-refractivity contribution is -0.141. The third kappa shape index (κ3) is 2.86. The van der Waals surface area contributed by atoms with Gasteiger partial charge in [0.25, 0.3) is 0 Å². The highest BCUT2D eigenvalue weighted by Crippen LogP contribution is 2.27. The van der Waals surface area contributed by atoms with Crippen molar-refractivity contribution in [3.8, 4) is 0 Å². The molecule has 2 aromatic rings. The summed E-state index contributed by atoms with van der Waals surface area (Å²) in [6.45, 7) is 6.31. The first-order valence-corrected chi connectivity index (χ1v) is 7.71. The molecule has 3 heterocycles. The number of aromatic nitrogens is 4. The first-order valence-electron chi connectivity index (χ1n) is 7.71. The Morgan fingerprint density at radius 3 is 2.83 bits per heavy atom. The molecule has 0 radical (unpaired) electrons. The van der Waals surface area contributed by atoms with Crippen LogP contribution in [0.3, 0.4) is 0 Å². The Labute approximate surface area is 135 Å². The molecule has 0 aliphatic carbocycles. The molecule has 0 saturated carbocycles. The number of fused-ring (bicyclic) bond motifs is 1. The summed E-state index contributed by atoms with van der Waals surface area (Å²) in [6, 6.07) is 0.791. The fraction of sp³-hybridized carbons (Fsp3) is 0.600. The van der Waals surface area contributed by atoms with E-state index in [1.807, 2.05) is 0 Å². The molecule has 8 nitrogen and oxygen atoms in total. The predicted molar refractivity (Wildman–Crippen MR) is 86.2 cm³/mol. The number of hydrogen-bond donors (Lipinski definition) is 0. The van der Waals surface area contributed by atoms with Gasteiger partial charge in [0.1, 0.15) is 18.7 Å². The summed E-state index contributed by atoms with van der Waals surface area (Å²) in [5.74, 6) is 0.523. The lowest BCUT2D eigenvalue weighted by Crippen LogP contribution is -2.55. The average Bonchev–Trinajstić information content (AvgIpc) is 2.94. The van der Waals surface area contributed by atoms with Gasteiger partial charge in [0.05, 0.1) is 18.7 Å². The van der Waals surface area contributed by atoms with Gasteiger partial charge < -0.3 is 9.64 Å². The molecule has 23 heavy (non-hydrogen) atoms. The molecular formula is C15H22N6O2. The molecule has 2 aromatic heterocycles. The standard InChI is InChI=1S/C15H22N6O2/c1-10-7-20(11(2)6-19(10)3)14-12-5-18-21(8-13(22)23-4)15(12)17-9-16-14/h5,9-11H,6-8H2,1-4H3/t10-,11+/m0/s1. The van der Waals surface area contributed by atoms with Crippen LogP contribution in [0.25, 0.3) is 11.0 Å². The molecule has 124 valence electrons. The number of nitrogens with zero attached hydrogens (tertiary/aromatic N) is 6. The van der Waals surface area contributed by atoms with Crippen molar-refractivity contribution in [2.24, 2.45) is 0 Å². The summed E-state index contributed by atoms with van der Waals surface area (Å²) in [4.78, 5) is 24.9. The summed E-state index contributed by atoms with van der Waals surface area (Å²) in [6.07, 6.45) is 3.26. The number of carbonyl (C=O) groups is 1. The van der Waals surface area contributed by atoms with Crippen molar-refractivity contribution in [1.29, 1.82) is 0 Å². The summed E-state index contributed by atoms with van der Waals surface area (Å²) in [5, 5.41) is 5.14. The van der Waals surface area contributed by atoms with E-state index in [9.17, 15) is 4.79 Å². The minimum atomic E-state index is -0.350. The summed E-state index contributed by atoms with van der Waals surface area (Å²) in [5.41, 5.74) is 0.652. The maximum atomic E-state index is 11.5. The van der Waals surface area contributed by atoms with Crippen LogP contribution in [0, 0.1) is 0 Å². The van der Waals surface area contributed by atoms with E-state index in [0.29, 0.717) is 17.7 Å². The van der Waals surface area contributed by atoms with E-state index in [1.54, 1.807) is 10.9 Å². The van der Waals surface area contributed by atoms with E-state index in [-0.39, 0.29) is 12.5 Å². The number of ether oxygens (including phenoxy) is 1. The van der Waals surface area contributed by atoms with Crippen LogP contribution in [-0.2, 0) is 16.1 Å². The molecule has 1 aliphatic rings. The van der Waals surface area contributed by atoms with Gasteiger partial charge >= 0.3 is 5.97 Å². The van der Waals surface area contributed by atoms with Crippen LogP contribution in [0.15, 0.2) is 12.5 Å². The topological polar surface area (TPSA) is 76.4 Å². The highest BCUT2D eigenvalue weighted by molar-refractivity contribution is 5.87. The van der Waals surface area contributed by atoms with E-state index in [1.165, 1.54) is 13.4 Å². The van der Waals surface area contributed by atoms with Gasteiger partial charge in [-0.3, -0.25) is 9.69 Å². The van der Waals surface area contributed by atoms with Crippen molar-refractivity contribution in [1.82, 2.24) is 24.6 Å². The van der Waals surface area contributed by atoms with Crippen LogP contribution >= 0.6 is 0 Å². The Morgan fingerprint density at radius 2 is 2.09 bits per heavy atom. The molecule has 0 amide bonds. The van der Waals surface area contributed by atoms with Crippen molar-refractivity contribution in [2.75, 3.05) is 32.1 Å². The molecule has 0 aromatic carbocycles. The SMILES string of the molecule is COC(=O)Cn1ncc2c(N3C[C@H](C)N(C)C[C@H]3C)ncnc21. The van der Waals surface area contributed by atoms with E-state index >= 15 is 0 Å². The quantitative estimate of drug-likeness (QED) is 0.764. The Balaban J connectivity index is 1.97. The second-order valence-corrected chi connectivity index (χ2v) is 6.10. The number of anilines is 1. The Morgan fingerprint density at radius 1 is 1.30 bits per heavy atom. The highest BCUT2D eigenvalue weighted by Gasteiger charge is 2.29. The summed E-state index contributed by atoms with van der Waals surface area (Å²) >= 11 is 0. The van der Waals surface area contributed by atoms with Gasteiger partial charge in [-0.25, -0.2) is 14.6 Å². The van der Waals surface area contributed by atoms with Crippen molar-refractivity contribution in [2.45, 2.75) is 32.5 Å². The second-order valence-electron chi connectivity index (χ2n) is 6.10. The van der Waals surface area contributed by atoms with Gasteiger partial charge in [-0.2, -0.15) is 5.10 Å². The van der Waals surface area contributed by atoms with Crippen molar-refractivity contribution < 1.29 is 9.53 Å². The monoisotopic (exact) mass is 318 g/mol. The van der Waals surface area contributed by atoms with Crippen LogP contribution in [0.1, 0.15) is 13.8 Å². The van der Waals surface area contributed by atoms with E-state index in [2.05, 4.69) is 45.8 Å². The van der Waals surface area contributed by atoms with Gasteiger partial charge in [-0.1, -0.05) is 0 Å². The van der Waals surface area contributed by atoms with E-state index in [4.69, 9.17) is 4.74 Å². The molecule has 8 heteroatoms. The zero-order chi connectivity index (χ0) is 16.6. The zero-order valence-electron chi connectivity index (χ0n) is 13.9. The number of rotatable bonds is 3. The van der Waals surface area contributed by atoms with Crippen molar-refractivity contribution in [3.05, 3.63) is 12.5 Å². The van der Waals surface area contributed by atoms with Crippen molar-refractivity contribution >= 4 is 22.8 Å². The fourth-order valence-electron chi connectivity index (χ4n) is 3.01. The fourth-order valence-corrected chi connectivity index (χ4v) is 3.01. The van der Waals surface area contributed by atoms with E-state index in [0.717, 1.165) is 24.3 Å². The van der Waals surface area contributed by atoms with E-state index < -0.39 is 0 Å². The van der Waals surface area contributed by atoms with Gasteiger partial charge in [-0.05, 0) is 20.9 Å². The van der Waals surface area contributed by atoms with Gasteiger partial charge in [0.15, 0.2) is 5.65 Å². The number of esters is 1. The molecule has 0 bridgehead atoms. The molecule has 1 aliphatic heterocycles. The Kier molecular flexibility index (Phi) is 4.16. The molecule has 1 fully saturated rings. The first kappa shape index (κ1) is 15.7. The third-order valence-electron chi connectivity index (χ3n) is 4.49. The number of carbonyl (C=O) groups excluding carboxylic acids is 1. The van der Waals surface area contributed by atoms with Crippen LogP contribution in [-0.4, -0.2) is 69.9 Å². The largest absolute Gasteiger partial charge is 0.468 e. The van der Waals surface area contributed by atoms with Gasteiger partial charge in [0, 0.05) is 25.2 Å². The summed E-state index contributed by atoms with van der Waals surface area (Å²) < 4.78 is 6.25. The van der Waals surface area contributed by atoms with Crippen LogP contribution in [0.2, 0.25) is 0 Å².